The Labute approximate surface area is 345 Å². The van der Waals surface area contributed by atoms with Crippen LogP contribution in [-0.2, 0) is 38.6 Å². The van der Waals surface area contributed by atoms with Crippen LogP contribution < -0.4 is 9.64 Å². The van der Waals surface area contributed by atoms with Crippen molar-refractivity contribution >= 4 is 29.8 Å². The van der Waals surface area contributed by atoms with Crippen molar-refractivity contribution in [3.8, 4) is 16.9 Å². The van der Waals surface area contributed by atoms with Gasteiger partial charge >= 0.3 is 18.1 Å². The number of anilines is 1. The monoisotopic (exact) mass is 794 g/mol. The van der Waals surface area contributed by atoms with Gasteiger partial charge in [-0.2, -0.15) is 0 Å². The van der Waals surface area contributed by atoms with Crippen molar-refractivity contribution in [2.45, 2.75) is 70.7 Å². The molecule has 0 N–H and O–H groups in total. The molecule has 0 aliphatic carbocycles. The topological polar surface area (TPSA) is 119 Å². The molecule has 2 aliphatic rings. The van der Waals surface area contributed by atoms with Gasteiger partial charge in [-0.1, -0.05) is 97.1 Å². The number of esters is 1. The molecular formula is C48H50N4O7. The zero-order chi connectivity index (χ0) is 41.5. The third-order valence-corrected chi connectivity index (χ3v) is 10.7. The number of hydrogen-bond acceptors (Lipinski definition) is 8. The molecule has 3 atom stereocenters. The summed E-state index contributed by atoms with van der Waals surface area (Å²) in [7, 11) is 1.59. The summed E-state index contributed by atoms with van der Waals surface area (Å²) >= 11 is 0. The van der Waals surface area contributed by atoms with Crippen LogP contribution in [0.2, 0.25) is 0 Å². The van der Waals surface area contributed by atoms with E-state index < -0.39 is 41.6 Å². The number of aromatic nitrogens is 1. The molecule has 4 amide bonds. The molecule has 0 spiro atoms. The molecule has 1 unspecified atom stereocenters. The van der Waals surface area contributed by atoms with Crippen LogP contribution >= 0.6 is 0 Å². The van der Waals surface area contributed by atoms with Crippen LogP contribution in [0.25, 0.3) is 11.1 Å². The lowest BCUT2D eigenvalue weighted by atomic mass is 9.82. The number of hydrogen-bond donors (Lipinski definition) is 0. The highest BCUT2D eigenvalue weighted by atomic mass is 16.6. The maximum atomic E-state index is 14.3. The first-order valence-corrected chi connectivity index (χ1v) is 20.0. The third-order valence-electron chi connectivity index (χ3n) is 10.7. The van der Waals surface area contributed by atoms with Crippen molar-refractivity contribution in [2.24, 2.45) is 5.92 Å². The van der Waals surface area contributed by atoms with E-state index in [0.717, 1.165) is 45.6 Å². The normalized spacial score (nSPS) is 17.8. The van der Waals surface area contributed by atoms with Crippen molar-refractivity contribution in [1.29, 1.82) is 0 Å². The lowest BCUT2D eigenvalue weighted by molar-refractivity contribution is -0.171. The average Bonchev–Trinajstić information content (AvgIpc) is 3.26. The molecule has 0 saturated carbocycles. The minimum atomic E-state index is -1.14. The van der Waals surface area contributed by atoms with E-state index in [2.05, 4.69) is 35.3 Å². The Morgan fingerprint density at radius 2 is 1.53 bits per heavy atom. The van der Waals surface area contributed by atoms with Crippen LogP contribution in [0.1, 0.15) is 61.8 Å². The number of rotatable bonds is 11. The Bertz CT molecular complexity index is 2260. The predicted octanol–water partition coefficient (Wildman–Crippen LogP) is 8.81. The first-order chi connectivity index (χ1) is 28.5. The summed E-state index contributed by atoms with van der Waals surface area (Å²) in [5.41, 5.74) is 4.82. The fourth-order valence-corrected chi connectivity index (χ4v) is 7.68. The highest BCUT2D eigenvalue weighted by Crippen LogP contribution is 2.36. The lowest BCUT2D eigenvalue weighted by Gasteiger charge is -2.46. The molecule has 2 aliphatic heterocycles. The van der Waals surface area contributed by atoms with Crippen LogP contribution in [0.5, 0.6) is 5.75 Å². The number of β-lactam (4-membered cyclic amide) rings is 1. The minimum Gasteiger partial charge on any atom is -0.497 e. The van der Waals surface area contributed by atoms with E-state index in [9.17, 15) is 19.2 Å². The molecule has 0 radical (unpaired) electrons. The first kappa shape index (κ1) is 40.7. The van der Waals surface area contributed by atoms with Gasteiger partial charge in [0.05, 0.1) is 19.6 Å². The molecule has 59 heavy (non-hydrogen) atoms. The van der Waals surface area contributed by atoms with Gasteiger partial charge in [0.25, 0.3) is 0 Å². The van der Waals surface area contributed by atoms with Crippen LogP contribution in [0.3, 0.4) is 0 Å². The van der Waals surface area contributed by atoms with Crippen molar-refractivity contribution in [3.05, 3.63) is 150 Å². The molecular weight excluding hydrogens is 745 g/mol. The molecule has 2 fully saturated rings. The summed E-state index contributed by atoms with van der Waals surface area (Å²) in [6.45, 7) is 6.41. The average molecular weight is 795 g/mol. The van der Waals surface area contributed by atoms with Gasteiger partial charge in [-0.15, -0.1) is 0 Å². The zero-order valence-corrected chi connectivity index (χ0v) is 34.0. The lowest BCUT2D eigenvalue weighted by Crippen LogP contribution is -2.69. The number of carbonyl (C=O) groups is 4. The molecule has 11 nitrogen and oxygen atoms in total. The van der Waals surface area contributed by atoms with Crippen molar-refractivity contribution in [2.75, 3.05) is 25.1 Å². The van der Waals surface area contributed by atoms with E-state index in [1.807, 2.05) is 78.9 Å². The second kappa shape index (κ2) is 18.0. The molecule has 7 rings (SSSR count). The Hall–Kier alpha value is -6.49. The number of benzene rings is 4. The minimum absolute atomic E-state index is 0.00171. The second-order valence-electron chi connectivity index (χ2n) is 16.1. The van der Waals surface area contributed by atoms with Gasteiger partial charge in [0.2, 0.25) is 5.91 Å². The van der Waals surface area contributed by atoms with E-state index in [1.165, 1.54) is 4.90 Å². The highest BCUT2D eigenvalue weighted by Gasteiger charge is 2.56. The van der Waals surface area contributed by atoms with Gasteiger partial charge in [-0.05, 0) is 97.7 Å². The van der Waals surface area contributed by atoms with Crippen LogP contribution in [-0.4, -0.2) is 70.6 Å². The Morgan fingerprint density at radius 1 is 0.814 bits per heavy atom. The molecule has 304 valence electrons. The maximum absolute atomic E-state index is 14.3. The van der Waals surface area contributed by atoms with E-state index in [0.29, 0.717) is 30.2 Å². The molecule has 2 saturated heterocycles. The predicted molar refractivity (Wildman–Crippen MR) is 225 cm³/mol. The molecule has 11 heteroatoms. The summed E-state index contributed by atoms with van der Waals surface area (Å²) in [6, 6.07) is 37.0. The molecule has 4 aromatic carbocycles. The zero-order valence-electron chi connectivity index (χ0n) is 34.0. The van der Waals surface area contributed by atoms with Gasteiger partial charge in [0, 0.05) is 25.2 Å². The van der Waals surface area contributed by atoms with Gasteiger partial charge in [0.1, 0.15) is 23.8 Å². The summed E-state index contributed by atoms with van der Waals surface area (Å²) in [6.07, 6.45) is 2.73. The summed E-state index contributed by atoms with van der Waals surface area (Å²) in [4.78, 5) is 64.8. The van der Waals surface area contributed by atoms with E-state index in [-0.39, 0.29) is 25.5 Å². The number of carbonyl (C=O) groups excluding carboxylic acids is 4. The second-order valence-corrected chi connectivity index (χ2v) is 16.1. The van der Waals surface area contributed by atoms with E-state index in [1.54, 1.807) is 51.1 Å². The number of piperidine rings is 1. The number of methoxy groups -OCH3 is 1. The smallest absolute Gasteiger partial charge is 0.416 e. The van der Waals surface area contributed by atoms with Crippen molar-refractivity contribution in [1.82, 2.24) is 14.8 Å². The Balaban J connectivity index is 1.12. The Morgan fingerprint density at radius 3 is 2.24 bits per heavy atom. The number of nitrogens with zero attached hydrogens (tertiary/aromatic N) is 4. The molecule has 5 aromatic rings. The van der Waals surface area contributed by atoms with Crippen molar-refractivity contribution < 1.29 is 33.4 Å². The third kappa shape index (κ3) is 9.80. The quantitative estimate of drug-likeness (QED) is 0.0962. The molecule has 0 bridgehead atoms. The summed E-state index contributed by atoms with van der Waals surface area (Å²) in [5.74, 6) is -0.928. The summed E-state index contributed by atoms with van der Waals surface area (Å²) < 4.78 is 16.9. The fraction of sp³-hybridized carbons (Fsp3) is 0.312. The van der Waals surface area contributed by atoms with Gasteiger partial charge in [-0.25, -0.2) is 24.3 Å². The number of amides is 4. The SMILES string of the molecule is COc1ccc(CN(C(=O)OC(C)(C)C)c2cc(C[C@H]3C(=O)N(C(=O)N4CCCC(c5cccc(-c6ccccc6)c5)C4)[C@@H]3C(=O)OCc3ccccc3)ccn2)cc1. The van der Waals surface area contributed by atoms with Gasteiger partial charge in [0.15, 0.2) is 6.04 Å². The number of ether oxygens (including phenoxy) is 3. The van der Waals surface area contributed by atoms with Gasteiger partial charge in [-0.3, -0.25) is 9.69 Å². The fourth-order valence-electron chi connectivity index (χ4n) is 7.68. The Kier molecular flexibility index (Phi) is 12.4. The number of urea groups is 1. The van der Waals surface area contributed by atoms with Crippen molar-refractivity contribution in [3.63, 3.8) is 0 Å². The van der Waals surface area contributed by atoms with Crippen LogP contribution in [0.15, 0.2) is 128 Å². The first-order valence-electron chi connectivity index (χ1n) is 20.0. The van der Waals surface area contributed by atoms with E-state index >= 15 is 0 Å². The number of pyridine rings is 1. The molecule has 3 heterocycles. The maximum Gasteiger partial charge on any atom is 0.416 e. The largest absolute Gasteiger partial charge is 0.497 e. The standard InChI is InChI=1S/C48H50N4O7/c1-48(2,3)59-47(56)51(30-33-20-22-40(57-4)23-21-33)42-28-35(24-25-49-42)27-41-43(45(54)58-32-34-13-7-5-8-14-34)52(44(41)53)46(55)50-26-12-19-39(31-50)38-18-11-17-37(29-38)36-15-9-6-10-16-36/h5-11,13-18,20-25,28-29,39,41,43H,12,19,26-27,30-32H2,1-4H3/t39?,41-,43+/m1/s1. The number of likely N-dealkylation sites (tertiary alicyclic amines) is 2. The highest BCUT2D eigenvalue weighted by molar-refractivity contribution is 6.08. The van der Waals surface area contributed by atoms with Crippen LogP contribution in [0.4, 0.5) is 15.4 Å². The van der Waals surface area contributed by atoms with Crippen LogP contribution in [0, 0.1) is 5.92 Å². The van der Waals surface area contributed by atoms with Gasteiger partial charge < -0.3 is 19.1 Å². The summed E-state index contributed by atoms with van der Waals surface area (Å²) in [5, 5.41) is 0. The molecule has 1 aromatic heterocycles. The van der Waals surface area contributed by atoms with E-state index in [4.69, 9.17) is 14.2 Å². The number of imide groups is 1.